The van der Waals surface area contributed by atoms with Crippen molar-refractivity contribution >= 4 is 11.6 Å². The van der Waals surface area contributed by atoms with Gasteiger partial charge in [-0.15, -0.1) is 0 Å². The van der Waals surface area contributed by atoms with Gasteiger partial charge in [-0.3, -0.25) is 14.6 Å². The number of likely N-dealkylation sites (tertiary alicyclic amines) is 1. The average molecular weight is 358 g/mol. The molecular formula is C18H20ClN5O. The lowest BCUT2D eigenvalue weighted by Crippen LogP contribution is -2.23. The molecule has 0 bridgehead atoms. The van der Waals surface area contributed by atoms with E-state index in [9.17, 15) is 0 Å². The van der Waals surface area contributed by atoms with Gasteiger partial charge in [0.05, 0.1) is 11.7 Å². The highest BCUT2D eigenvalue weighted by atomic mass is 35.5. The second kappa shape index (κ2) is 6.61. The van der Waals surface area contributed by atoms with Crippen LogP contribution in [0.25, 0.3) is 11.4 Å². The van der Waals surface area contributed by atoms with E-state index in [0.29, 0.717) is 11.2 Å². The van der Waals surface area contributed by atoms with Crippen molar-refractivity contribution in [3.8, 4) is 11.4 Å². The van der Waals surface area contributed by atoms with Crippen molar-refractivity contribution in [2.24, 2.45) is 7.05 Å². The maximum absolute atomic E-state index is 6.54. The Morgan fingerprint density at radius 3 is 2.96 bits per heavy atom. The maximum atomic E-state index is 6.54. The molecule has 1 aliphatic heterocycles. The van der Waals surface area contributed by atoms with Crippen LogP contribution in [0.2, 0.25) is 5.15 Å². The van der Waals surface area contributed by atoms with Crippen LogP contribution < -0.4 is 0 Å². The Morgan fingerprint density at radius 1 is 1.36 bits per heavy atom. The van der Waals surface area contributed by atoms with Crippen molar-refractivity contribution in [3.63, 3.8) is 0 Å². The average Bonchev–Trinajstić information content (AvgIpc) is 3.32. The van der Waals surface area contributed by atoms with Crippen molar-refractivity contribution in [2.75, 3.05) is 6.54 Å². The van der Waals surface area contributed by atoms with Crippen molar-refractivity contribution in [3.05, 3.63) is 52.6 Å². The van der Waals surface area contributed by atoms with Crippen molar-refractivity contribution in [1.82, 2.24) is 24.8 Å². The van der Waals surface area contributed by atoms with Gasteiger partial charge in [0.1, 0.15) is 22.3 Å². The summed E-state index contributed by atoms with van der Waals surface area (Å²) in [6.07, 6.45) is 4.11. The fraction of sp³-hybridized carbons (Fsp3) is 0.389. The minimum absolute atomic E-state index is 0.310. The van der Waals surface area contributed by atoms with Crippen LogP contribution >= 0.6 is 11.6 Å². The zero-order valence-electron chi connectivity index (χ0n) is 14.3. The normalized spacial score (nSPS) is 18.1. The third-order valence-corrected chi connectivity index (χ3v) is 5.17. The summed E-state index contributed by atoms with van der Waals surface area (Å²) in [7, 11) is 1.85. The number of aromatic nitrogens is 4. The van der Waals surface area contributed by atoms with E-state index in [0.717, 1.165) is 54.3 Å². The number of aryl methyl sites for hydroxylation is 2. The molecule has 130 valence electrons. The molecule has 0 aromatic carbocycles. The molecule has 0 saturated carbocycles. The number of nitrogens with zero attached hydrogens (tertiary/aromatic N) is 5. The van der Waals surface area contributed by atoms with Gasteiger partial charge in [0, 0.05) is 31.4 Å². The monoisotopic (exact) mass is 357 g/mol. The highest BCUT2D eigenvalue weighted by Gasteiger charge is 2.30. The van der Waals surface area contributed by atoms with Crippen LogP contribution in [-0.4, -0.2) is 31.4 Å². The molecule has 1 unspecified atom stereocenters. The molecule has 0 N–H and O–H groups in total. The van der Waals surface area contributed by atoms with E-state index in [-0.39, 0.29) is 0 Å². The predicted octanol–water partition coefficient (Wildman–Crippen LogP) is 3.77. The molecule has 1 saturated heterocycles. The third-order valence-electron chi connectivity index (χ3n) is 4.69. The smallest absolute Gasteiger partial charge is 0.134 e. The van der Waals surface area contributed by atoms with Gasteiger partial charge in [0.25, 0.3) is 0 Å². The summed E-state index contributed by atoms with van der Waals surface area (Å²) in [5.74, 6) is 0.760. The van der Waals surface area contributed by atoms with E-state index in [4.69, 9.17) is 16.1 Å². The molecule has 4 rings (SSSR count). The molecule has 0 spiro atoms. The van der Waals surface area contributed by atoms with E-state index < -0.39 is 0 Å². The van der Waals surface area contributed by atoms with Gasteiger partial charge in [-0.05, 0) is 38.4 Å². The standard InChI is InChI=1S/C18H20ClN5O/c1-12-10-15(22-25-12)17-13(18(19)23(2)21-17)11-24-9-5-7-16(24)14-6-3-4-8-20-14/h3-4,6,8,10,16H,5,7,9,11H2,1-2H3. The first kappa shape index (κ1) is 16.3. The molecule has 3 aromatic heterocycles. The Labute approximate surface area is 151 Å². The topological polar surface area (TPSA) is 60.0 Å². The Balaban J connectivity index is 1.66. The van der Waals surface area contributed by atoms with Crippen molar-refractivity contribution in [2.45, 2.75) is 32.4 Å². The van der Waals surface area contributed by atoms with E-state index in [2.05, 4.69) is 26.2 Å². The second-order valence-corrected chi connectivity index (χ2v) is 6.81. The van der Waals surface area contributed by atoms with Gasteiger partial charge in [0.2, 0.25) is 0 Å². The summed E-state index contributed by atoms with van der Waals surface area (Å²) in [6.45, 7) is 3.61. The zero-order valence-corrected chi connectivity index (χ0v) is 15.1. The summed E-state index contributed by atoms with van der Waals surface area (Å²) in [4.78, 5) is 6.96. The summed E-state index contributed by atoms with van der Waals surface area (Å²) in [6, 6.07) is 8.29. The lowest BCUT2D eigenvalue weighted by molar-refractivity contribution is 0.244. The fourth-order valence-corrected chi connectivity index (χ4v) is 3.68. The molecule has 4 heterocycles. The van der Waals surface area contributed by atoms with Crippen LogP contribution in [0.5, 0.6) is 0 Å². The van der Waals surface area contributed by atoms with Crippen LogP contribution in [0, 0.1) is 6.92 Å². The molecule has 6 nitrogen and oxygen atoms in total. The number of pyridine rings is 1. The number of hydrogen-bond donors (Lipinski definition) is 0. The molecule has 0 aliphatic carbocycles. The van der Waals surface area contributed by atoms with Gasteiger partial charge in [-0.25, -0.2) is 0 Å². The van der Waals surface area contributed by atoms with Crippen LogP contribution in [0.4, 0.5) is 0 Å². The van der Waals surface area contributed by atoms with E-state index in [1.54, 1.807) is 4.68 Å². The van der Waals surface area contributed by atoms with E-state index in [1.807, 2.05) is 38.4 Å². The molecule has 0 amide bonds. The molecule has 25 heavy (non-hydrogen) atoms. The first-order valence-electron chi connectivity index (χ1n) is 8.43. The molecule has 1 atom stereocenters. The Morgan fingerprint density at radius 2 is 2.24 bits per heavy atom. The van der Waals surface area contributed by atoms with Crippen molar-refractivity contribution in [1.29, 1.82) is 0 Å². The largest absolute Gasteiger partial charge is 0.361 e. The Kier molecular flexibility index (Phi) is 4.31. The van der Waals surface area contributed by atoms with Crippen LogP contribution in [0.1, 0.15) is 35.9 Å². The van der Waals surface area contributed by atoms with Gasteiger partial charge in [0.15, 0.2) is 0 Å². The maximum Gasteiger partial charge on any atom is 0.134 e. The summed E-state index contributed by atoms with van der Waals surface area (Å²) >= 11 is 6.54. The number of hydrogen-bond acceptors (Lipinski definition) is 5. The predicted molar refractivity (Wildman–Crippen MR) is 95.1 cm³/mol. The molecule has 1 aliphatic rings. The molecule has 0 radical (unpaired) electrons. The second-order valence-electron chi connectivity index (χ2n) is 6.45. The lowest BCUT2D eigenvalue weighted by Gasteiger charge is -2.24. The SMILES string of the molecule is Cc1cc(-c2nn(C)c(Cl)c2CN2CCCC2c2ccccn2)no1. The first-order chi connectivity index (χ1) is 12.1. The Bertz CT molecular complexity index is 873. The van der Waals surface area contributed by atoms with E-state index >= 15 is 0 Å². The minimum Gasteiger partial charge on any atom is -0.361 e. The minimum atomic E-state index is 0.310. The quantitative estimate of drug-likeness (QED) is 0.711. The number of halogens is 1. The van der Waals surface area contributed by atoms with Gasteiger partial charge in [-0.1, -0.05) is 22.8 Å². The summed E-state index contributed by atoms with van der Waals surface area (Å²) in [5, 5.41) is 9.31. The van der Waals surface area contributed by atoms with Crippen LogP contribution in [-0.2, 0) is 13.6 Å². The highest BCUT2D eigenvalue weighted by Crippen LogP contribution is 2.36. The van der Waals surface area contributed by atoms with Crippen molar-refractivity contribution < 1.29 is 4.52 Å². The molecule has 3 aromatic rings. The fourth-order valence-electron chi connectivity index (χ4n) is 3.50. The highest BCUT2D eigenvalue weighted by molar-refractivity contribution is 6.30. The summed E-state index contributed by atoms with van der Waals surface area (Å²) < 4.78 is 6.91. The molecule has 7 heteroatoms. The lowest BCUT2D eigenvalue weighted by atomic mass is 10.1. The third kappa shape index (κ3) is 3.07. The molecular weight excluding hydrogens is 338 g/mol. The number of rotatable bonds is 4. The van der Waals surface area contributed by atoms with Crippen LogP contribution in [0.15, 0.2) is 35.0 Å². The van der Waals surface area contributed by atoms with Gasteiger partial charge >= 0.3 is 0 Å². The molecule has 1 fully saturated rings. The van der Waals surface area contributed by atoms with E-state index in [1.165, 1.54) is 0 Å². The zero-order chi connectivity index (χ0) is 17.4. The first-order valence-corrected chi connectivity index (χ1v) is 8.81. The van der Waals surface area contributed by atoms with Crippen LogP contribution in [0.3, 0.4) is 0 Å². The summed E-state index contributed by atoms with van der Waals surface area (Å²) in [5.41, 5.74) is 3.61. The Hall–Kier alpha value is -2.18. The van der Waals surface area contributed by atoms with Gasteiger partial charge in [-0.2, -0.15) is 5.10 Å². The van der Waals surface area contributed by atoms with Gasteiger partial charge < -0.3 is 4.52 Å².